The zero-order valence-corrected chi connectivity index (χ0v) is 31.6. The van der Waals surface area contributed by atoms with Gasteiger partial charge in [0.2, 0.25) is 0 Å². The Bertz CT molecular complexity index is 1280. The fraction of sp³-hybridized carbons (Fsp3) is 0.636. The second-order valence-electron chi connectivity index (χ2n) is 12.2. The molecular formula is C33H56FeN6O13. The van der Waals surface area contributed by atoms with Crippen molar-refractivity contribution in [2.45, 2.75) is 96.7 Å². The summed E-state index contributed by atoms with van der Waals surface area (Å²) in [6.45, 7) is 4.24. The number of esters is 2. The minimum Gasteiger partial charge on any atom is -0.480 e. The number of carbonyl (C=O) groups is 6. The Kier molecular flexibility index (Phi) is 27.9. The predicted molar refractivity (Wildman–Crippen MR) is 184 cm³/mol. The molecule has 19 nitrogen and oxygen atoms in total. The number of carboxylic acid groups (broad SMARTS) is 1. The fourth-order valence-corrected chi connectivity index (χ4v) is 4.16. The average Bonchev–Trinajstić information content (AvgIpc) is 3.07. The molecule has 53 heavy (non-hydrogen) atoms. The number of carboxylic acids is 1. The van der Waals surface area contributed by atoms with Crippen LogP contribution in [0.5, 0.6) is 0 Å². The second-order valence-corrected chi connectivity index (χ2v) is 12.2. The van der Waals surface area contributed by atoms with Crippen LogP contribution in [0.25, 0.3) is 0 Å². The molecule has 0 aliphatic heterocycles. The molecule has 0 radical (unpaired) electrons. The van der Waals surface area contributed by atoms with E-state index in [0.29, 0.717) is 38.3 Å². The summed E-state index contributed by atoms with van der Waals surface area (Å²) >= 11 is 0. The molecule has 0 aromatic rings. The van der Waals surface area contributed by atoms with Crippen molar-refractivity contribution in [1.29, 1.82) is 0 Å². The maximum atomic E-state index is 12.3. The first-order chi connectivity index (χ1) is 24.4. The number of hydroxylamine groups is 6. The van der Waals surface area contributed by atoms with E-state index in [0.717, 1.165) is 12.2 Å². The molecule has 3 atom stereocenters. The van der Waals surface area contributed by atoms with Crippen molar-refractivity contribution in [3.05, 3.63) is 34.9 Å². The molecule has 0 bridgehead atoms. The van der Waals surface area contributed by atoms with Gasteiger partial charge in [-0.25, -0.2) is 15.2 Å². The van der Waals surface area contributed by atoms with Gasteiger partial charge < -0.3 is 36.9 Å². The van der Waals surface area contributed by atoms with Crippen LogP contribution in [0, 0.1) is 0 Å². The van der Waals surface area contributed by atoms with Crippen LogP contribution >= 0.6 is 0 Å². The number of carbonyl (C=O) groups excluding carboxylic acids is 5. The predicted octanol–water partition coefficient (Wildman–Crippen LogP) is 0.132. The van der Waals surface area contributed by atoms with Gasteiger partial charge in [-0.2, -0.15) is 0 Å². The van der Waals surface area contributed by atoms with Crippen LogP contribution < -0.4 is 17.2 Å². The molecular weight excluding hydrogens is 744 g/mol. The summed E-state index contributed by atoms with van der Waals surface area (Å²) in [5.74, 6) is -4.70. The first kappa shape index (κ1) is 51.4. The maximum absolute atomic E-state index is 12.3. The summed E-state index contributed by atoms with van der Waals surface area (Å²) < 4.78 is 10.3. The molecule has 3 unspecified atom stereocenters. The average molecular weight is 801 g/mol. The van der Waals surface area contributed by atoms with Gasteiger partial charge >= 0.3 is 17.9 Å². The van der Waals surface area contributed by atoms with Crippen LogP contribution in [0.2, 0.25) is 0 Å². The number of aliphatic hydroxyl groups excluding tert-OH is 1. The molecule has 0 spiro atoms. The van der Waals surface area contributed by atoms with Gasteiger partial charge in [0.25, 0.3) is 17.7 Å². The minimum atomic E-state index is -1.18. The Morgan fingerprint density at radius 3 is 1.19 bits per heavy atom. The van der Waals surface area contributed by atoms with E-state index in [4.69, 9.17) is 36.9 Å². The molecule has 0 heterocycles. The molecule has 0 aliphatic carbocycles. The topological polar surface area (TPSA) is 310 Å². The molecule has 0 fully saturated rings. The van der Waals surface area contributed by atoms with Crippen LogP contribution in [-0.4, -0.2) is 134 Å². The van der Waals surface area contributed by atoms with Crippen molar-refractivity contribution in [1.82, 2.24) is 15.2 Å². The van der Waals surface area contributed by atoms with Gasteiger partial charge in [-0.15, -0.1) is 0 Å². The zero-order valence-electron chi connectivity index (χ0n) is 30.5. The van der Waals surface area contributed by atoms with E-state index >= 15 is 0 Å². The quantitative estimate of drug-likeness (QED) is 0.0190. The van der Waals surface area contributed by atoms with E-state index in [1.54, 1.807) is 20.8 Å². The SMILES string of the molecule is C/C(=C/C(=O)N(O)CCCC(N)C(=O)OCC/C(C)=C\C(=O)N(O)CCCC(N)C(=O)OCC/C(C)=C\C(=O)N(O)CCCC(N)C(=O)O)CCO.[Fe]. The minimum absolute atomic E-state index is 0. The van der Waals surface area contributed by atoms with Gasteiger partial charge in [0, 0.05) is 74.4 Å². The summed E-state index contributed by atoms with van der Waals surface area (Å²) in [7, 11) is 0. The van der Waals surface area contributed by atoms with Crippen molar-refractivity contribution in [3.8, 4) is 0 Å². The van der Waals surface area contributed by atoms with Crippen molar-refractivity contribution < 1.29 is 81.1 Å². The maximum Gasteiger partial charge on any atom is 0.322 e. The summed E-state index contributed by atoms with van der Waals surface area (Å²) in [5.41, 5.74) is 18.7. The molecule has 3 amide bonds. The van der Waals surface area contributed by atoms with Crippen LogP contribution in [0.4, 0.5) is 0 Å². The summed E-state index contributed by atoms with van der Waals surface area (Å²) in [6, 6.07) is -3.12. The molecule has 20 heteroatoms. The number of rotatable bonds is 26. The van der Waals surface area contributed by atoms with Gasteiger partial charge in [-0.05, 0) is 65.7 Å². The Morgan fingerprint density at radius 1 is 0.585 bits per heavy atom. The summed E-state index contributed by atoms with van der Waals surface area (Å²) in [5, 5.41) is 48.7. The number of ether oxygens (including phenoxy) is 2. The molecule has 304 valence electrons. The van der Waals surface area contributed by atoms with Crippen LogP contribution in [0.15, 0.2) is 34.9 Å². The number of aliphatic hydroxyl groups is 1. The number of hydrogen-bond donors (Lipinski definition) is 8. The number of nitrogens with zero attached hydrogens (tertiary/aromatic N) is 3. The smallest absolute Gasteiger partial charge is 0.322 e. The van der Waals surface area contributed by atoms with Crippen LogP contribution in [0.1, 0.15) is 78.6 Å². The molecule has 0 aromatic heterocycles. The van der Waals surface area contributed by atoms with Gasteiger partial charge in [-0.3, -0.25) is 44.4 Å². The van der Waals surface area contributed by atoms with Crippen molar-refractivity contribution in [2.24, 2.45) is 17.2 Å². The van der Waals surface area contributed by atoms with Crippen molar-refractivity contribution in [2.75, 3.05) is 39.5 Å². The van der Waals surface area contributed by atoms with Crippen molar-refractivity contribution in [3.63, 3.8) is 0 Å². The van der Waals surface area contributed by atoms with E-state index < -0.39 is 53.8 Å². The Hall–Kier alpha value is -3.72. The van der Waals surface area contributed by atoms with E-state index in [1.807, 2.05) is 0 Å². The molecule has 0 aromatic carbocycles. The molecule has 0 saturated heterocycles. The molecule has 11 N–H and O–H groups in total. The van der Waals surface area contributed by atoms with Gasteiger partial charge in [0.1, 0.15) is 18.1 Å². The monoisotopic (exact) mass is 800 g/mol. The summed E-state index contributed by atoms with van der Waals surface area (Å²) in [6.07, 6.45) is 5.06. The van der Waals surface area contributed by atoms with E-state index in [1.165, 1.54) is 6.08 Å². The third kappa shape index (κ3) is 24.3. The Morgan fingerprint density at radius 2 is 0.887 bits per heavy atom. The zero-order chi connectivity index (χ0) is 39.8. The Balaban J connectivity index is 0. The number of aliphatic carboxylic acids is 1. The summed E-state index contributed by atoms with van der Waals surface area (Å²) in [4.78, 5) is 71.4. The number of nitrogens with two attached hydrogens (primary N) is 3. The molecule has 0 saturated carbocycles. The Labute approximate surface area is 319 Å². The third-order valence-electron chi connectivity index (χ3n) is 7.44. The molecule has 0 aliphatic rings. The standard InChI is InChI=1S/C33H56N6O13.Fe/c1-22(10-16-40)19-28(41)38(49)14-5-8-26(35)32(46)52-18-12-24(3)21-30(43)39(50)15-6-9-27(36)33(47)51-17-11-23(2)20-29(42)37(48)13-4-7-25(34)31(44)45;/h19-21,25-27,40,48-50H,4-18,34-36H2,1-3H3,(H,44,45);/b22-19-,23-20-,24-21-;. The van der Waals surface area contributed by atoms with E-state index in [9.17, 15) is 44.4 Å². The van der Waals surface area contributed by atoms with Gasteiger partial charge in [0.15, 0.2) is 0 Å². The van der Waals surface area contributed by atoms with Crippen LogP contribution in [0.3, 0.4) is 0 Å². The normalized spacial score (nSPS) is 13.6. The third-order valence-corrected chi connectivity index (χ3v) is 7.44. The van der Waals surface area contributed by atoms with E-state index in [2.05, 4.69) is 0 Å². The largest absolute Gasteiger partial charge is 0.480 e. The second kappa shape index (κ2) is 28.7. The first-order valence-corrected chi connectivity index (χ1v) is 16.9. The van der Waals surface area contributed by atoms with Crippen LogP contribution in [-0.2, 0) is 55.3 Å². The number of amides is 3. The molecule has 0 rings (SSSR count). The first-order valence-electron chi connectivity index (χ1n) is 16.9. The van der Waals surface area contributed by atoms with Gasteiger partial charge in [0.05, 0.1) is 13.2 Å². The van der Waals surface area contributed by atoms with Gasteiger partial charge in [-0.1, -0.05) is 16.7 Å². The number of hydrogen-bond acceptors (Lipinski definition) is 15. The fourth-order valence-electron chi connectivity index (χ4n) is 4.16. The van der Waals surface area contributed by atoms with Crippen molar-refractivity contribution >= 4 is 35.6 Å². The van der Waals surface area contributed by atoms with E-state index in [-0.39, 0.29) is 108 Å².